The third-order valence-corrected chi connectivity index (χ3v) is 4.74. The van der Waals surface area contributed by atoms with E-state index < -0.39 is 11.4 Å². The van der Waals surface area contributed by atoms with Crippen molar-refractivity contribution in [3.8, 4) is 0 Å². The number of carbonyl (C=O) groups is 1. The topological polar surface area (TPSA) is 53.0 Å². The summed E-state index contributed by atoms with van der Waals surface area (Å²) in [6.07, 6.45) is 1.28. The maximum atomic E-state index is 11.7. The molecule has 2 unspecified atom stereocenters. The number of hydrogen-bond acceptors (Lipinski definition) is 4. The van der Waals surface area contributed by atoms with Crippen LogP contribution in [0, 0.1) is 11.3 Å². The number of likely N-dealkylation sites (N-methyl/N-ethyl adjacent to an activating group) is 1. The molecule has 0 aromatic carbocycles. The first kappa shape index (κ1) is 14.8. The van der Waals surface area contributed by atoms with Crippen LogP contribution >= 0.6 is 0 Å². The number of carboxylic acids is 1. The molecule has 1 N–H and O–H groups in total. The van der Waals surface area contributed by atoms with Gasteiger partial charge in [-0.25, -0.2) is 0 Å². The molecule has 5 heteroatoms. The Morgan fingerprint density at radius 3 is 2.47 bits per heavy atom. The minimum atomic E-state index is -0.656. The van der Waals surface area contributed by atoms with Crippen LogP contribution in [0.2, 0.25) is 0 Å². The lowest BCUT2D eigenvalue weighted by atomic mass is 9.80. The number of rotatable bonds is 4. The molecule has 0 amide bonds. The Balaban J connectivity index is 2.01. The van der Waals surface area contributed by atoms with Gasteiger partial charge in [-0.15, -0.1) is 0 Å². The van der Waals surface area contributed by atoms with Crippen LogP contribution in [-0.4, -0.2) is 73.9 Å². The summed E-state index contributed by atoms with van der Waals surface area (Å²) < 4.78 is 5.33. The fourth-order valence-corrected chi connectivity index (χ4v) is 3.48. The molecule has 0 aromatic rings. The zero-order valence-corrected chi connectivity index (χ0v) is 12.3. The van der Waals surface area contributed by atoms with E-state index in [4.69, 9.17) is 4.74 Å². The lowest BCUT2D eigenvalue weighted by Gasteiger charge is -2.36. The second-order valence-corrected chi connectivity index (χ2v) is 6.40. The van der Waals surface area contributed by atoms with Crippen molar-refractivity contribution in [1.29, 1.82) is 0 Å². The third-order valence-electron chi connectivity index (χ3n) is 4.74. The molecule has 0 radical (unpaired) electrons. The van der Waals surface area contributed by atoms with Crippen molar-refractivity contribution in [3.63, 3.8) is 0 Å². The standard InChI is InChI=1S/C14H26N2O3/c1-11-8-16(9-12(11)15(2)3)10-14(13(17)18)4-6-19-7-5-14/h11-12H,4-10H2,1-3H3,(H,17,18). The number of ether oxygens (including phenoxy) is 1. The van der Waals surface area contributed by atoms with Gasteiger partial charge in [-0.1, -0.05) is 6.92 Å². The SMILES string of the molecule is CC1CN(CC2(C(=O)O)CCOCC2)CC1N(C)C. The minimum absolute atomic E-state index is 0.533. The lowest BCUT2D eigenvalue weighted by molar-refractivity contribution is -0.156. The Morgan fingerprint density at radius 1 is 1.37 bits per heavy atom. The number of nitrogens with zero attached hydrogens (tertiary/aromatic N) is 2. The molecule has 2 heterocycles. The molecule has 0 aromatic heterocycles. The van der Waals surface area contributed by atoms with Crippen molar-refractivity contribution >= 4 is 5.97 Å². The van der Waals surface area contributed by atoms with Gasteiger partial charge in [0.25, 0.3) is 0 Å². The van der Waals surface area contributed by atoms with Crippen molar-refractivity contribution in [3.05, 3.63) is 0 Å². The highest BCUT2D eigenvalue weighted by Gasteiger charge is 2.44. The van der Waals surface area contributed by atoms with Crippen molar-refractivity contribution in [1.82, 2.24) is 9.80 Å². The quantitative estimate of drug-likeness (QED) is 0.817. The highest BCUT2D eigenvalue weighted by atomic mass is 16.5. The molecule has 19 heavy (non-hydrogen) atoms. The van der Waals surface area contributed by atoms with Gasteiger partial charge in [0.15, 0.2) is 0 Å². The highest BCUT2D eigenvalue weighted by molar-refractivity contribution is 5.75. The summed E-state index contributed by atoms with van der Waals surface area (Å²) in [6, 6.07) is 0.533. The average Bonchev–Trinajstić information content (AvgIpc) is 2.71. The van der Waals surface area contributed by atoms with Gasteiger partial charge in [0.05, 0.1) is 5.41 Å². The maximum absolute atomic E-state index is 11.7. The Hall–Kier alpha value is -0.650. The molecule has 2 rings (SSSR count). The molecule has 0 aliphatic carbocycles. The predicted octanol–water partition coefficient (Wildman–Crippen LogP) is 0.750. The van der Waals surface area contributed by atoms with E-state index in [2.05, 4.69) is 30.8 Å². The molecule has 2 saturated heterocycles. The summed E-state index contributed by atoms with van der Waals surface area (Å²) in [4.78, 5) is 16.2. The van der Waals surface area contributed by atoms with Crippen molar-refractivity contribution in [2.24, 2.45) is 11.3 Å². The van der Waals surface area contributed by atoms with E-state index in [1.807, 2.05) is 0 Å². The van der Waals surface area contributed by atoms with E-state index in [-0.39, 0.29) is 0 Å². The third kappa shape index (κ3) is 3.09. The van der Waals surface area contributed by atoms with Gasteiger partial charge < -0.3 is 19.6 Å². The molecule has 110 valence electrons. The van der Waals surface area contributed by atoms with E-state index in [1.54, 1.807) is 0 Å². The number of likely N-dealkylation sites (tertiary alicyclic amines) is 1. The average molecular weight is 270 g/mol. The van der Waals surface area contributed by atoms with Crippen LogP contribution < -0.4 is 0 Å². The lowest BCUT2D eigenvalue weighted by Crippen LogP contribution is -2.46. The summed E-state index contributed by atoms with van der Waals surface area (Å²) in [5.41, 5.74) is -0.598. The highest BCUT2D eigenvalue weighted by Crippen LogP contribution is 2.34. The normalized spacial score (nSPS) is 31.8. The van der Waals surface area contributed by atoms with Crippen LogP contribution in [0.3, 0.4) is 0 Å². The predicted molar refractivity (Wildman–Crippen MR) is 73.2 cm³/mol. The first-order chi connectivity index (χ1) is 8.94. The largest absolute Gasteiger partial charge is 0.481 e. The Bertz CT molecular complexity index is 327. The first-order valence-corrected chi connectivity index (χ1v) is 7.14. The van der Waals surface area contributed by atoms with Crippen LogP contribution in [-0.2, 0) is 9.53 Å². The van der Waals surface area contributed by atoms with E-state index in [9.17, 15) is 9.90 Å². The monoisotopic (exact) mass is 270 g/mol. The van der Waals surface area contributed by atoms with Gasteiger partial charge in [0, 0.05) is 38.9 Å². The fourth-order valence-electron chi connectivity index (χ4n) is 3.48. The second kappa shape index (κ2) is 5.77. The van der Waals surface area contributed by atoms with Crippen molar-refractivity contribution in [2.75, 3.05) is 46.9 Å². The molecular formula is C14H26N2O3. The van der Waals surface area contributed by atoms with Crippen LogP contribution in [0.4, 0.5) is 0 Å². The van der Waals surface area contributed by atoms with Crippen LogP contribution in [0.5, 0.6) is 0 Å². The maximum Gasteiger partial charge on any atom is 0.311 e. The van der Waals surface area contributed by atoms with E-state index in [1.165, 1.54) is 0 Å². The number of hydrogen-bond donors (Lipinski definition) is 1. The number of carboxylic acid groups (broad SMARTS) is 1. The van der Waals surface area contributed by atoms with Crippen molar-refractivity contribution in [2.45, 2.75) is 25.8 Å². The molecule has 2 aliphatic heterocycles. The Kier molecular flexibility index (Phi) is 4.48. The first-order valence-electron chi connectivity index (χ1n) is 7.14. The van der Waals surface area contributed by atoms with E-state index in [0.29, 0.717) is 44.6 Å². The fraction of sp³-hybridized carbons (Fsp3) is 0.929. The summed E-state index contributed by atoms with van der Waals surface area (Å²) in [6.45, 7) is 6.05. The molecule has 2 fully saturated rings. The van der Waals surface area contributed by atoms with Gasteiger partial charge >= 0.3 is 5.97 Å². The molecule has 0 bridgehead atoms. The van der Waals surface area contributed by atoms with E-state index in [0.717, 1.165) is 13.1 Å². The zero-order valence-electron chi connectivity index (χ0n) is 12.3. The molecular weight excluding hydrogens is 244 g/mol. The van der Waals surface area contributed by atoms with Gasteiger partial charge in [-0.05, 0) is 32.9 Å². The molecule has 0 spiro atoms. The van der Waals surface area contributed by atoms with Gasteiger partial charge in [0.2, 0.25) is 0 Å². The molecule has 0 saturated carbocycles. The molecule has 2 atom stereocenters. The van der Waals surface area contributed by atoms with Crippen molar-refractivity contribution < 1.29 is 14.6 Å². The second-order valence-electron chi connectivity index (χ2n) is 6.40. The van der Waals surface area contributed by atoms with Crippen LogP contribution in [0.25, 0.3) is 0 Å². The smallest absolute Gasteiger partial charge is 0.311 e. The zero-order chi connectivity index (χ0) is 14.0. The summed E-state index contributed by atoms with van der Waals surface area (Å²) in [7, 11) is 4.21. The Labute approximate surface area is 115 Å². The Morgan fingerprint density at radius 2 is 2.00 bits per heavy atom. The van der Waals surface area contributed by atoms with Crippen LogP contribution in [0.15, 0.2) is 0 Å². The molecule has 5 nitrogen and oxygen atoms in total. The summed E-state index contributed by atoms with van der Waals surface area (Å²) >= 11 is 0. The van der Waals surface area contributed by atoms with E-state index >= 15 is 0 Å². The minimum Gasteiger partial charge on any atom is -0.481 e. The number of aliphatic carboxylic acids is 1. The van der Waals surface area contributed by atoms with Crippen LogP contribution in [0.1, 0.15) is 19.8 Å². The van der Waals surface area contributed by atoms with Gasteiger partial charge in [-0.2, -0.15) is 0 Å². The van der Waals surface area contributed by atoms with Gasteiger partial charge in [0.1, 0.15) is 0 Å². The van der Waals surface area contributed by atoms with Gasteiger partial charge in [-0.3, -0.25) is 4.79 Å². The summed E-state index contributed by atoms with van der Waals surface area (Å²) in [5.74, 6) is -0.0579. The molecule has 2 aliphatic rings. The summed E-state index contributed by atoms with van der Waals surface area (Å²) in [5, 5.41) is 9.60.